The van der Waals surface area contributed by atoms with E-state index >= 15 is 0 Å². The highest BCUT2D eigenvalue weighted by Gasteiger charge is 2.09. The zero-order valence-corrected chi connectivity index (χ0v) is 10.4. The second kappa shape index (κ2) is 5.80. The molecule has 0 fully saturated rings. The second-order valence-corrected chi connectivity index (χ2v) is 4.44. The third-order valence-electron chi connectivity index (χ3n) is 1.75. The van der Waals surface area contributed by atoms with Gasteiger partial charge in [0.1, 0.15) is 0 Å². The van der Waals surface area contributed by atoms with Crippen LogP contribution >= 0.6 is 34.8 Å². The summed E-state index contributed by atoms with van der Waals surface area (Å²) >= 11 is 17.5. The van der Waals surface area contributed by atoms with Crippen LogP contribution in [0.25, 0.3) is 0 Å². The predicted octanol–water partition coefficient (Wildman–Crippen LogP) is 3.80. The Labute approximate surface area is 104 Å². The SMILES string of the molecule is CC(O)CCOc1c(Cl)cc(Cl)cc1Cl. The molecule has 0 aliphatic heterocycles. The van der Waals surface area contributed by atoms with Crippen LogP contribution in [0.4, 0.5) is 0 Å². The molecule has 1 atom stereocenters. The number of rotatable bonds is 4. The number of aliphatic hydroxyl groups excluding tert-OH is 1. The maximum Gasteiger partial charge on any atom is 0.156 e. The molecule has 1 aromatic carbocycles. The van der Waals surface area contributed by atoms with E-state index in [-0.39, 0.29) is 0 Å². The van der Waals surface area contributed by atoms with Crippen molar-refractivity contribution >= 4 is 34.8 Å². The number of hydrogen-bond donors (Lipinski definition) is 1. The molecule has 15 heavy (non-hydrogen) atoms. The molecule has 0 saturated carbocycles. The maximum atomic E-state index is 9.05. The van der Waals surface area contributed by atoms with Crippen molar-refractivity contribution in [3.05, 3.63) is 27.2 Å². The third-order valence-corrected chi connectivity index (χ3v) is 2.52. The van der Waals surface area contributed by atoms with Crippen LogP contribution in [-0.4, -0.2) is 17.8 Å². The molecule has 0 radical (unpaired) electrons. The minimum Gasteiger partial charge on any atom is -0.490 e. The van der Waals surface area contributed by atoms with E-state index in [1.807, 2.05) is 0 Å². The van der Waals surface area contributed by atoms with Crippen LogP contribution in [0.2, 0.25) is 15.1 Å². The molecule has 0 saturated heterocycles. The average molecular weight is 270 g/mol. The van der Waals surface area contributed by atoms with Gasteiger partial charge < -0.3 is 9.84 Å². The van der Waals surface area contributed by atoms with E-state index in [0.29, 0.717) is 33.8 Å². The fraction of sp³-hybridized carbons (Fsp3) is 0.400. The van der Waals surface area contributed by atoms with Crippen molar-refractivity contribution in [2.24, 2.45) is 0 Å². The number of hydrogen-bond acceptors (Lipinski definition) is 2. The Bertz CT molecular complexity index is 316. The molecule has 0 aliphatic rings. The number of benzene rings is 1. The second-order valence-electron chi connectivity index (χ2n) is 3.18. The standard InChI is InChI=1S/C10H11Cl3O2/c1-6(14)2-3-15-10-8(12)4-7(11)5-9(10)13/h4-6,14H,2-3H2,1H3. The summed E-state index contributed by atoms with van der Waals surface area (Å²) in [6, 6.07) is 3.12. The zero-order valence-electron chi connectivity index (χ0n) is 8.14. The summed E-state index contributed by atoms with van der Waals surface area (Å²) in [5.74, 6) is 0.406. The molecule has 0 amide bonds. The molecule has 0 heterocycles. The van der Waals surface area contributed by atoms with E-state index in [1.165, 1.54) is 0 Å². The van der Waals surface area contributed by atoms with Crippen LogP contribution in [0.5, 0.6) is 5.75 Å². The Hall–Kier alpha value is -0.150. The van der Waals surface area contributed by atoms with Crippen LogP contribution in [0, 0.1) is 0 Å². The molecule has 0 aromatic heterocycles. The van der Waals surface area contributed by atoms with Crippen LogP contribution in [0.15, 0.2) is 12.1 Å². The Morgan fingerprint density at radius 1 is 1.27 bits per heavy atom. The molecule has 1 aromatic rings. The minimum atomic E-state index is -0.408. The monoisotopic (exact) mass is 268 g/mol. The molecule has 84 valence electrons. The van der Waals surface area contributed by atoms with E-state index in [2.05, 4.69) is 0 Å². The smallest absolute Gasteiger partial charge is 0.156 e. The minimum absolute atomic E-state index is 0.360. The van der Waals surface area contributed by atoms with Gasteiger partial charge >= 0.3 is 0 Å². The van der Waals surface area contributed by atoms with Crippen molar-refractivity contribution in [2.75, 3.05) is 6.61 Å². The van der Waals surface area contributed by atoms with Gasteiger partial charge in [0.2, 0.25) is 0 Å². The molecule has 5 heteroatoms. The number of aliphatic hydroxyl groups is 1. The molecule has 1 rings (SSSR count). The van der Waals surface area contributed by atoms with E-state index in [9.17, 15) is 0 Å². The van der Waals surface area contributed by atoms with Gasteiger partial charge in [-0.1, -0.05) is 34.8 Å². The van der Waals surface area contributed by atoms with Crippen molar-refractivity contribution in [3.63, 3.8) is 0 Å². The molecular formula is C10H11Cl3O2. The molecule has 0 aliphatic carbocycles. The molecular weight excluding hydrogens is 258 g/mol. The lowest BCUT2D eigenvalue weighted by Crippen LogP contribution is -2.07. The lowest BCUT2D eigenvalue weighted by atomic mass is 10.3. The highest BCUT2D eigenvalue weighted by molar-refractivity contribution is 6.40. The van der Waals surface area contributed by atoms with Gasteiger partial charge in [-0.3, -0.25) is 0 Å². The Kier molecular flexibility index (Phi) is 5.00. The van der Waals surface area contributed by atoms with Crippen LogP contribution in [0.1, 0.15) is 13.3 Å². The van der Waals surface area contributed by atoms with Gasteiger partial charge in [0.05, 0.1) is 22.8 Å². The molecule has 1 N–H and O–H groups in total. The zero-order chi connectivity index (χ0) is 11.4. The Morgan fingerprint density at radius 3 is 2.27 bits per heavy atom. The largest absolute Gasteiger partial charge is 0.490 e. The van der Waals surface area contributed by atoms with Crippen LogP contribution in [-0.2, 0) is 0 Å². The quantitative estimate of drug-likeness (QED) is 0.901. The van der Waals surface area contributed by atoms with E-state index in [4.69, 9.17) is 44.6 Å². The molecule has 2 nitrogen and oxygen atoms in total. The van der Waals surface area contributed by atoms with Crippen molar-refractivity contribution in [3.8, 4) is 5.75 Å². The number of ether oxygens (including phenoxy) is 1. The normalized spacial score (nSPS) is 12.6. The van der Waals surface area contributed by atoms with Gasteiger partial charge in [-0.05, 0) is 19.1 Å². The van der Waals surface area contributed by atoms with Gasteiger partial charge in [0.25, 0.3) is 0 Å². The Morgan fingerprint density at radius 2 is 1.80 bits per heavy atom. The van der Waals surface area contributed by atoms with Gasteiger partial charge in [-0.15, -0.1) is 0 Å². The van der Waals surface area contributed by atoms with Crippen LogP contribution < -0.4 is 4.74 Å². The first kappa shape index (κ1) is 12.9. The molecule has 0 spiro atoms. The topological polar surface area (TPSA) is 29.5 Å². The van der Waals surface area contributed by atoms with E-state index in [0.717, 1.165) is 0 Å². The summed E-state index contributed by atoms with van der Waals surface area (Å²) < 4.78 is 5.35. The van der Waals surface area contributed by atoms with Gasteiger partial charge in [-0.25, -0.2) is 0 Å². The van der Waals surface area contributed by atoms with Crippen molar-refractivity contribution in [1.82, 2.24) is 0 Å². The maximum absolute atomic E-state index is 9.05. The lowest BCUT2D eigenvalue weighted by Gasteiger charge is -2.11. The first-order valence-corrected chi connectivity index (χ1v) is 5.59. The van der Waals surface area contributed by atoms with E-state index in [1.54, 1.807) is 19.1 Å². The lowest BCUT2D eigenvalue weighted by molar-refractivity contribution is 0.155. The fourth-order valence-electron chi connectivity index (χ4n) is 0.998. The highest BCUT2D eigenvalue weighted by Crippen LogP contribution is 2.35. The third kappa shape index (κ3) is 4.07. The highest BCUT2D eigenvalue weighted by atomic mass is 35.5. The summed E-state index contributed by atoms with van der Waals surface area (Å²) in [5.41, 5.74) is 0. The predicted molar refractivity (Wildman–Crippen MR) is 63.3 cm³/mol. The van der Waals surface area contributed by atoms with Gasteiger partial charge in [-0.2, -0.15) is 0 Å². The molecule has 0 bridgehead atoms. The summed E-state index contributed by atoms with van der Waals surface area (Å²) in [4.78, 5) is 0. The molecule has 1 unspecified atom stereocenters. The number of halogens is 3. The first-order valence-electron chi connectivity index (χ1n) is 4.46. The summed E-state index contributed by atoms with van der Waals surface area (Å²) in [6.07, 6.45) is 0.116. The van der Waals surface area contributed by atoms with Gasteiger partial charge in [0, 0.05) is 11.4 Å². The summed E-state index contributed by atoms with van der Waals surface area (Å²) in [6.45, 7) is 2.05. The summed E-state index contributed by atoms with van der Waals surface area (Å²) in [7, 11) is 0. The van der Waals surface area contributed by atoms with Crippen molar-refractivity contribution < 1.29 is 9.84 Å². The first-order chi connectivity index (χ1) is 7.00. The van der Waals surface area contributed by atoms with Crippen molar-refractivity contribution in [2.45, 2.75) is 19.4 Å². The van der Waals surface area contributed by atoms with Crippen LogP contribution in [0.3, 0.4) is 0 Å². The summed E-state index contributed by atoms with van der Waals surface area (Å²) in [5, 5.41) is 10.3. The average Bonchev–Trinajstić information content (AvgIpc) is 2.08. The fourth-order valence-corrected chi connectivity index (χ4v) is 1.92. The van der Waals surface area contributed by atoms with Gasteiger partial charge in [0.15, 0.2) is 5.75 Å². The van der Waals surface area contributed by atoms with E-state index < -0.39 is 6.10 Å². The van der Waals surface area contributed by atoms with Crippen molar-refractivity contribution in [1.29, 1.82) is 0 Å². The Balaban J connectivity index is 2.68.